The average Bonchev–Trinajstić information content (AvgIpc) is 2.66. The Morgan fingerprint density at radius 1 is 1.21 bits per heavy atom. The van der Waals surface area contributed by atoms with Crippen molar-refractivity contribution < 1.29 is 0 Å². The first-order chi connectivity index (χ1) is 9.22. The van der Waals surface area contributed by atoms with Crippen molar-refractivity contribution in [1.82, 2.24) is 4.90 Å². The lowest BCUT2D eigenvalue weighted by molar-refractivity contribution is 0.160. The molecule has 0 spiro atoms. The van der Waals surface area contributed by atoms with Crippen molar-refractivity contribution in [1.29, 1.82) is 0 Å². The van der Waals surface area contributed by atoms with Crippen LogP contribution in [0, 0.1) is 5.92 Å². The fourth-order valence-corrected chi connectivity index (χ4v) is 3.64. The van der Waals surface area contributed by atoms with Crippen LogP contribution in [-0.4, -0.2) is 24.5 Å². The molecule has 1 aliphatic carbocycles. The number of hydrogen-bond donors (Lipinski definition) is 1. The molecule has 0 heterocycles. The molecular formula is C16H25BrN2. The summed E-state index contributed by atoms with van der Waals surface area (Å²) in [6, 6.07) is 9.15. The van der Waals surface area contributed by atoms with Gasteiger partial charge in [0.2, 0.25) is 0 Å². The van der Waals surface area contributed by atoms with Crippen LogP contribution in [0.2, 0.25) is 0 Å². The Labute approximate surface area is 125 Å². The van der Waals surface area contributed by atoms with E-state index in [9.17, 15) is 0 Å². The maximum Gasteiger partial charge on any atom is 0.0244 e. The number of halogens is 1. The van der Waals surface area contributed by atoms with Crippen LogP contribution in [0.15, 0.2) is 28.7 Å². The summed E-state index contributed by atoms with van der Waals surface area (Å²) >= 11 is 3.65. The van der Waals surface area contributed by atoms with E-state index in [1.54, 1.807) is 0 Å². The number of benzene rings is 1. The molecule has 1 aliphatic rings. The van der Waals surface area contributed by atoms with Crippen molar-refractivity contribution in [2.75, 3.05) is 13.6 Å². The Hall–Kier alpha value is -0.380. The smallest absolute Gasteiger partial charge is 0.0244 e. The average molecular weight is 325 g/mol. The lowest BCUT2D eigenvalue weighted by Gasteiger charge is -2.33. The van der Waals surface area contributed by atoms with Crippen LogP contribution >= 0.6 is 15.9 Å². The molecule has 0 radical (unpaired) electrons. The number of rotatable bonds is 4. The van der Waals surface area contributed by atoms with Gasteiger partial charge in [0, 0.05) is 17.1 Å². The minimum Gasteiger partial charge on any atom is -0.330 e. The molecule has 2 unspecified atom stereocenters. The highest BCUT2D eigenvalue weighted by atomic mass is 79.9. The van der Waals surface area contributed by atoms with E-state index in [0.717, 1.165) is 13.1 Å². The van der Waals surface area contributed by atoms with E-state index in [1.165, 1.54) is 42.1 Å². The van der Waals surface area contributed by atoms with Crippen molar-refractivity contribution in [3.8, 4) is 0 Å². The van der Waals surface area contributed by atoms with E-state index in [1.807, 2.05) is 0 Å². The third-order valence-electron chi connectivity index (χ3n) is 4.37. The van der Waals surface area contributed by atoms with E-state index >= 15 is 0 Å². The molecule has 3 heteroatoms. The molecule has 0 saturated heterocycles. The van der Waals surface area contributed by atoms with Crippen LogP contribution in [0.5, 0.6) is 0 Å². The minimum absolute atomic E-state index is 0.639. The van der Waals surface area contributed by atoms with Gasteiger partial charge >= 0.3 is 0 Å². The fourth-order valence-electron chi connectivity index (χ4n) is 3.23. The maximum absolute atomic E-state index is 5.99. The molecule has 2 nitrogen and oxygen atoms in total. The van der Waals surface area contributed by atoms with E-state index in [0.29, 0.717) is 12.0 Å². The quantitative estimate of drug-likeness (QED) is 0.854. The van der Waals surface area contributed by atoms with E-state index < -0.39 is 0 Å². The van der Waals surface area contributed by atoms with Crippen molar-refractivity contribution >= 4 is 15.9 Å². The van der Waals surface area contributed by atoms with E-state index in [2.05, 4.69) is 52.1 Å². The predicted molar refractivity (Wildman–Crippen MR) is 85.0 cm³/mol. The molecule has 0 amide bonds. The van der Waals surface area contributed by atoms with Gasteiger partial charge in [0.1, 0.15) is 0 Å². The van der Waals surface area contributed by atoms with Crippen LogP contribution in [0.4, 0.5) is 0 Å². The zero-order valence-corrected chi connectivity index (χ0v) is 13.4. The minimum atomic E-state index is 0.639. The zero-order chi connectivity index (χ0) is 13.7. The molecule has 19 heavy (non-hydrogen) atoms. The first-order valence-electron chi connectivity index (χ1n) is 7.36. The lowest BCUT2D eigenvalue weighted by Crippen LogP contribution is -2.40. The molecule has 2 rings (SSSR count). The highest BCUT2D eigenvalue weighted by Crippen LogP contribution is 2.28. The Bertz CT molecular complexity index is 394. The number of nitrogens with two attached hydrogens (primary N) is 1. The second kappa shape index (κ2) is 7.41. The van der Waals surface area contributed by atoms with E-state index in [4.69, 9.17) is 5.73 Å². The molecule has 1 aromatic rings. The van der Waals surface area contributed by atoms with Crippen LogP contribution in [0.1, 0.15) is 37.7 Å². The Balaban J connectivity index is 2.04. The number of nitrogens with zero attached hydrogens (tertiary/aromatic N) is 1. The Morgan fingerprint density at radius 2 is 1.95 bits per heavy atom. The monoisotopic (exact) mass is 324 g/mol. The van der Waals surface area contributed by atoms with Gasteiger partial charge < -0.3 is 5.73 Å². The predicted octanol–water partition coefficient (Wildman–Crippen LogP) is 3.79. The lowest BCUT2D eigenvalue weighted by atomic mass is 9.93. The molecule has 0 aliphatic heterocycles. The molecule has 1 fully saturated rings. The summed E-state index contributed by atoms with van der Waals surface area (Å²) < 4.78 is 1.21. The summed E-state index contributed by atoms with van der Waals surface area (Å²) in [5.74, 6) is 0.662. The zero-order valence-electron chi connectivity index (χ0n) is 11.8. The van der Waals surface area contributed by atoms with Crippen molar-refractivity contribution in [3.05, 3.63) is 34.3 Å². The molecule has 0 bridgehead atoms. The highest BCUT2D eigenvalue weighted by Gasteiger charge is 2.26. The molecule has 0 aromatic heterocycles. The second-order valence-corrected chi connectivity index (χ2v) is 6.56. The van der Waals surface area contributed by atoms with Gasteiger partial charge in [-0.1, -0.05) is 53.4 Å². The third-order valence-corrected chi connectivity index (χ3v) is 5.14. The van der Waals surface area contributed by atoms with Gasteiger partial charge in [-0.15, -0.1) is 0 Å². The van der Waals surface area contributed by atoms with Gasteiger partial charge in [0.25, 0.3) is 0 Å². The summed E-state index contributed by atoms with van der Waals surface area (Å²) in [5.41, 5.74) is 7.35. The van der Waals surface area contributed by atoms with Crippen LogP contribution in [0.25, 0.3) is 0 Å². The first-order valence-corrected chi connectivity index (χ1v) is 8.15. The van der Waals surface area contributed by atoms with Gasteiger partial charge in [-0.2, -0.15) is 0 Å². The van der Waals surface area contributed by atoms with Crippen LogP contribution in [-0.2, 0) is 6.54 Å². The van der Waals surface area contributed by atoms with Crippen molar-refractivity contribution in [3.63, 3.8) is 0 Å². The van der Waals surface area contributed by atoms with Crippen LogP contribution < -0.4 is 5.73 Å². The summed E-state index contributed by atoms with van der Waals surface area (Å²) in [6.45, 7) is 1.83. The second-order valence-electron chi connectivity index (χ2n) is 5.71. The van der Waals surface area contributed by atoms with Crippen molar-refractivity contribution in [2.45, 2.75) is 44.7 Å². The van der Waals surface area contributed by atoms with E-state index in [-0.39, 0.29) is 0 Å². The number of hydrogen-bond acceptors (Lipinski definition) is 2. The molecule has 2 N–H and O–H groups in total. The molecule has 1 aromatic carbocycles. The van der Waals surface area contributed by atoms with Gasteiger partial charge in [-0.25, -0.2) is 0 Å². The topological polar surface area (TPSA) is 29.3 Å². The first kappa shape index (κ1) is 15.0. The standard InChI is InChI=1S/C16H25BrN2/c1-19(12-14-8-5-6-9-15(14)17)16-10-4-2-3-7-13(16)11-18/h5-6,8-9,13,16H,2-4,7,10-12,18H2,1H3. The van der Waals surface area contributed by atoms with Gasteiger partial charge in [-0.3, -0.25) is 4.90 Å². The van der Waals surface area contributed by atoms with Gasteiger partial charge in [-0.05, 0) is 44.0 Å². The Kier molecular flexibility index (Phi) is 5.86. The maximum atomic E-state index is 5.99. The molecule has 106 valence electrons. The third kappa shape index (κ3) is 4.04. The summed E-state index contributed by atoms with van der Waals surface area (Å²) in [4.78, 5) is 2.50. The highest BCUT2D eigenvalue weighted by molar-refractivity contribution is 9.10. The summed E-state index contributed by atoms with van der Waals surface area (Å²) in [5, 5.41) is 0. The van der Waals surface area contributed by atoms with Crippen LogP contribution in [0.3, 0.4) is 0 Å². The molecule has 2 atom stereocenters. The molecule has 1 saturated carbocycles. The summed E-state index contributed by atoms with van der Waals surface area (Å²) in [6.07, 6.45) is 6.66. The fraction of sp³-hybridized carbons (Fsp3) is 0.625. The largest absolute Gasteiger partial charge is 0.330 e. The normalized spacial score (nSPS) is 24.4. The van der Waals surface area contributed by atoms with Crippen molar-refractivity contribution in [2.24, 2.45) is 11.7 Å². The van der Waals surface area contributed by atoms with Gasteiger partial charge in [0.05, 0.1) is 0 Å². The SMILES string of the molecule is CN(Cc1ccccc1Br)C1CCCCCC1CN. The Morgan fingerprint density at radius 3 is 2.68 bits per heavy atom. The summed E-state index contributed by atoms with van der Waals surface area (Å²) in [7, 11) is 2.25. The van der Waals surface area contributed by atoms with Gasteiger partial charge in [0.15, 0.2) is 0 Å². The molecular weight excluding hydrogens is 300 g/mol.